The Balaban J connectivity index is 1.62. The van der Waals surface area contributed by atoms with Gasteiger partial charge in [-0.05, 0) is 23.4 Å². The van der Waals surface area contributed by atoms with Crippen LogP contribution in [0.4, 0.5) is 0 Å². The van der Waals surface area contributed by atoms with Crippen molar-refractivity contribution >= 4 is 27.6 Å². The summed E-state index contributed by atoms with van der Waals surface area (Å²) in [6, 6.07) is 16.1. The summed E-state index contributed by atoms with van der Waals surface area (Å²) in [5.74, 6) is 0. The molecule has 7 heteroatoms. The average molecular weight is 383 g/mol. The topological polar surface area (TPSA) is 59.3 Å². The van der Waals surface area contributed by atoms with E-state index >= 15 is 0 Å². The van der Waals surface area contributed by atoms with Crippen molar-refractivity contribution in [3.8, 4) is 0 Å². The zero-order chi connectivity index (χ0) is 17.9. The number of fused-ring (bicyclic) bond motifs is 1. The molecule has 0 spiro atoms. The standard InChI is InChI=1S/C19H18N4OS2/c1-2-16-22-23-17(24)11-14(21-19(23)26-16)12-20-18(15-9-6-10-25-15)13-7-4-3-5-8-13/h3-11,18,20H,2,12H2,1H3/t18-/m0/s1. The van der Waals surface area contributed by atoms with E-state index in [0.29, 0.717) is 11.5 Å². The van der Waals surface area contributed by atoms with Gasteiger partial charge in [0, 0.05) is 17.5 Å². The minimum atomic E-state index is -0.130. The highest BCUT2D eigenvalue weighted by Gasteiger charge is 2.15. The van der Waals surface area contributed by atoms with Crippen molar-refractivity contribution in [1.29, 1.82) is 0 Å². The number of aromatic nitrogens is 3. The molecule has 0 unspecified atom stereocenters. The molecule has 0 aliphatic heterocycles. The van der Waals surface area contributed by atoms with Crippen molar-refractivity contribution in [2.45, 2.75) is 25.9 Å². The predicted octanol–water partition coefficient (Wildman–Crippen LogP) is 3.65. The van der Waals surface area contributed by atoms with E-state index in [2.05, 4.69) is 45.0 Å². The predicted molar refractivity (Wildman–Crippen MR) is 106 cm³/mol. The minimum Gasteiger partial charge on any atom is -0.300 e. The van der Waals surface area contributed by atoms with Crippen LogP contribution in [0.1, 0.15) is 34.1 Å². The maximum atomic E-state index is 12.3. The first kappa shape index (κ1) is 17.1. The quantitative estimate of drug-likeness (QED) is 0.553. The maximum absolute atomic E-state index is 12.3. The molecule has 4 rings (SSSR count). The van der Waals surface area contributed by atoms with Crippen LogP contribution in [0.5, 0.6) is 0 Å². The SMILES string of the molecule is CCc1nn2c(=O)cc(CN[C@@H](c3ccccc3)c3cccs3)nc2s1. The molecule has 26 heavy (non-hydrogen) atoms. The Morgan fingerprint density at radius 3 is 2.77 bits per heavy atom. The van der Waals surface area contributed by atoms with Crippen LogP contribution < -0.4 is 10.9 Å². The van der Waals surface area contributed by atoms with E-state index in [0.717, 1.165) is 17.1 Å². The highest BCUT2D eigenvalue weighted by atomic mass is 32.1. The van der Waals surface area contributed by atoms with E-state index < -0.39 is 0 Å². The van der Waals surface area contributed by atoms with Gasteiger partial charge in [-0.2, -0.15) is 9.61 Å². The molecule has 0 radical (unpaired) electrons. The molecule has 0 fully saturated rings. The molecular formula is C19H18N4OS2. The largest absolute Gasteiger partial charge is 0.300 e. The number of hydrogen-bond acceptors (Lipinski definition) is 6. The van der Waals surface area contributed by atoms with Crippen LogP contribution in [0.2, 0.25) is 0 Å². The number of nitrogens with one attached hydrogen (secondary N) is 1. The number of nitrogens with zero attached hydrogens (tertiary/aromatic N) is 3. The summed E-state index contributed by atoms with van der Waals surface area (Å²) >= 11 is 3.19. The highest BCUT2D eigenvalue weighted by molar-refractivity contribution is 7.16. The first-order valence-electron chi connectivity index (χ1n) is 8.45. The van der Waals surface area contributed by atoms with Crippen LogP contribution in [0, 0.1) is 0 Å². The fraction of sp³-hybridized carbons (Fsp3) is 0.211. The summed E-state index contributed by atoms with van der Waals surface area (Å²) in [6.45, 7) is 2.54. The van der Waals surface area contributed by atoms with Crippen molar-refractivity contribution in [2.24, 2.45) is 0 Å². The Hall–Kier alpha value is -2.35. The third-order valence-electron chi connectivity index (χ3n) is 4.09. The van der Waals surface area contributed by atoms with Gasteiger partial charge < -0.3 is 0 Å². The second-order valence-electron chi connectivity index (χ2n) is 5.87. The molecule has 4 aromatic rings. The van der Waals surface area contributed by atoms with Gasteiger partial charge in [0.2, 0.25) is 4.96 Å². The molecule has 5 nitrogen and oxygen atoms in total. The number of rotatable bonds is 6. The molecule has 1 aromatic carbocycles. The van der Waals surface area contributed by atoms with Gasteiger partial charge in [-0.25, -0.2) is 4.98 Å². The lowest BCUT2D eigenvalue weighted by molar-refractivity contribution is 0.603. The van der Waals surface area contributed by atoms with Crippen LogP contribution in [0.25, 0.3) is 4.96 Å². The Kier molecular flexibility index (Phi) is 4.92. The van der Waals surface area contributed by atoms with Crippen molar-refractivity contribution in [3.63, 3.8) is 0 Å². The molecule has 0 saturated carbocycles. The number of hydrogen-bond donors (Lipinski definition) is 1. The van der Waals surface area contributed by atoms with Gasteiger partial charge in [-0.15, -0.1) is 11.3 Å². The summed E-state index contributed by atoms with van der Waals surface area (Å²) < 4.78 is 1.39. The summed E-state index contributed by atoms with van der Waals surface area (Å²) in [5.41, 5.74) is 1.80. The summed E-state index contributed by atoms with van der Waals surface area (Å²) in [5, 5.41) is 10.8. The zero-order valence-electron chi connectivity index (χ0n) is 14.3. The first-order chi connectivity index (χ1) is 12.7. The highest BCUT2D eigenvalue weighted by Crippen LogP contribution is 2.26. The second kappa shape index (κ2) is 7.49. The Morgan fingerprint density at radius 2 is 2.04 bits per heavy atom. The smallest absolute Gasteiger partial charge is 0.275 e. The maximum Gasteiger partial charge on any atom is 0.275 e. The molecule has 0 aliphatic carbocycles. The molecule has 0 bridgehead atoms. The number of benzene rings is 1. The average Bonchev–Trinajstić information content (AvgIpc) is 3.33. The molecule has 0 amide bonds. The van der Waals surface area contributed by atoms with Gasteiger partial charge >= 0.3 is 0 Å². The lowest BCUT2D eigenvalue weighted by Crippen LogP contribution is -2.24. The number of thiophene rings is 1. The third kappa shape index (κ3) is 3.46. The summed E-state index contributed by atoms with van der Waals surface area (Å²) in [6.07, 6.45) is 0.801. The molecular weight excluding hydrogens is 364 g/mol. The monoisotopic (exact) mass is 382 g/mol. The molecule has 3 heterocycles. The first-order valence-corrected chi connectivity index (χ1v) is 10.1. The van der Waals surface area contributed by atoms with Gasteiger partial charge in [0.05, 0.1) is 11.7 Å². The fourth-order valence-electron chi connectivity index (χ4n) is 2.82. The van der Waals surface area contributed by atoms with Crippen LogP contribution in [-0.2, 0) is 13.0 Å². The lowest BCUT2D eigenvalue weighted by Gasteiger charge is -2.17. The van der Waals surface area contributed by atoms with Gasteiger partial charge in [0.15, 0.2) is 0 Å². The Bertz CT molecular complexity index is 1050. The lowest BCUT2D eigenvalue weighted by atomic mass is 10.1. The Morgan fingerprint density at radius 1 is 1.19 bits per heavy atom. The van der Waals surface area contributed by atoms with Crippen LogP contribution in [0.15, 0.2) is 58.7 Å². The molecule has 3 aromatic heterocycles. The number of aryl methyl sites for hydroxylation is 1. The van der Waals surface area contributed by atoms with E-state index in [1.807, 2.05) is 25.1 Å². The van der Waals surface area contributed by atoms with E-state index in [1.54, 1.807) is 17.4 Å². The van der Waals surface area contributed by atoms with Crippen molar-refractivity contribution in [1.82, 2.24) is 19.9 Å². The molecule has 132 valence electrons. The van der Waals surface area contributed by atoms with Crippen molar-refractivity contribution in [2.75, 3.05) is 0 Å². The Labute approximate surface area is 159 Å². The van der Waals surface area contributed by atoms with E-state index in [-0.39, 0.29) is 11.6 Å². The normalized spacial score (nSPS) is 12.5. The van der Waals surface area contributed by atoms with Gasteiger partial charge in [0.1, 0.15) is 5.01 Å². The molecule has 1 atom stereocenters. The van der Waals surface area contributed by atoms with Crippen molar-refractivity contribution < 1.29 is 0 Å². The van der Waals surface area contributed by atoms with Gasteiger partial charge in [-0.1, -0.05) is 54.7 Å². The summed E-state index contributed by atoms with van der Waals surface area (Å²) in [4.78, 5) is 18.8. The molecule has 0 saturated heterocycles. The van der Waals surface area contributed by atoms with E-state index in [9.17, 15) is 4.79 Å². The van der Waals surface area contributed by atoms with Crippen molar-refractivity contribution in [3.05, 3.63) is 85.4 Å². The zero-order valence-corrected chi connectivity index (χ0v) is 15.9. The molecule has 0 aliphatic rings. The van der Waals surface area contributed by atoms with E-state index in [4.69, 9.17) is 0 Å². The second-order valence-corrected chi connectivity index (χ2v) is 7.89. The van der Waals surface area contributed by atoms with E-state index in [1.165, 1.54) is 26.3 Å². The molecule has 1 N–H and O–H groups in total. The van der Waals surface area contributed by atoms with Gasteiger partial charge in [-0.3, -0.25) is 10.1 Å². The third-order valence-corrected chi connectivity index (χ3v) is 6.08. The minimum absolute atomic E-state index is 0.0733. The van der Waals surface area contributed by atoms with Gasteiger partial charge in [0.25, 0.3) is 5.56 Å². The van der Waals surface area contributed by atoms with Crippen LogP contribution in [0.3, 0.4) is 0 Å². The summed E-state index contributed by atoms with van der Waals surface area (Å²) in [7, 11) is 0. The fourth-order valence-corrected chi connectivity index (χ4v) is 4.50. The van der Waals surface area contributed by atoms with Crippen LogP contribution >= 0.6 is 22.7 Å². The van der Waals surface area contributed by atoms with Crippen LogP contribution in [-0.4, -0.2) is 14.6 Å².